The average Bonchev–Trinajstić information content (AvgIpc) is 3.49. The van der Waals surface area contributed by atoms with Crippen molar-refractivity contribution in [1.29, 1.82) is 0 Å². The Bertz CT molecular complexity index is 980. The van der Waals surface area contributed by atoms with Crippen molar-refractivity contribution in [3.05, 3.63) is 41.2 Å². The minimum absolute atomic E-state index is 0.0261. The van der Waals surface area contributed by atoms with Gasteiger partial charge in [-0.15, -0.1) is 5.10 Å². The van der Waals surface area contributed by atoms with Crippen molar-refractivity contribution in [2.45, 2.75) is 62.7 Å². The third-order valence-corrected chi connectivity index (χ3v) is 6.40. The van der Waals surface area contributed by atoms with Crippen LogP contribution < -0.4 is 10.6 Å². The van der Waals surface area contributed by atoms with E-state index >= 15 is 0 Å². The highest BCUT2D eigenvalue weighted by molar-refractivity contribution is 5.79. The van der Waals surface area contributed by atoms with Crippen LogP contribution in [0.4, 0.5) is 26.3 Å². The fourth-order valence-electron chi connectivity index (χ4n) is 4.63. The normalized spacial score (nSPS) is 25.5. The zero-order valence-electron chi connectivity index (χ0n) is 18.4. The highest BCUT2D eigenvalue weighted by atomic mass is 19.4. The molecule has 0 spiro atoms. The Morgan fingerprint density at radius 2 is 1.77 bits per heavy atom. The number of rotatable bonds is 6. The van der Waals surface area contributed by atoms with Gasteiger partial charge in [-0.2, -0.15) is 26.3 Å². The number of carbonyl (C=O) groups is 1. The minimum atomic E-state index is -4.94. The van der Waals surface area contributed by atoms with Crippen molar-refractivity contribution in [3.63, 3.8) is 0 Å². The van der Waals surface area contributed by atoms with Gasteiger partial charge in [-0.25, -0.2) is 4.68 Å². The van der Waals surface area contributed by atoms with Gasteiger partial charge in [0.25, 0.3) is 0 Å². The molecule has 0 bridgehead atoms. The molecule has 4 unspecified atom stereocenters. The SMILES string of the molecule is O=C(NCc1cc(C(F)(F)F)cc(C(F)(F)F)c1)C1CCC(NC2CCOCC2n2cnnn2)C1. The first kappa shape index (κ1) is 25.4. The van der Waals surface area contributed by atoms with E-state index in [2.05, 4.69) is 26.2 Å². The Morgan fingerprint density at radius 3 is 2.40 bits per heavy atom. The van der Waals surface area contributed by atoms with Gasteiger partial charge >= 0.3 is 12.4 Å². The molecule has 2 fully saturated rings. The van der Waals surface area contributed by atoms with Crippen LogP contribution >= 0.6 is 0 Å². The molecule has 35 heavy (non-hydrogen) atoms. The third-order valence-electron chi connectivity index (χ3n) is 6.40. The van der Waals surface area contributed by atoms with E-state index in [1.807, 2.05) is 0 Å². The van der Waals surface area contributed by atoms with Gasteiger partial charge in [0.2, 0.25) is 5.91 Å². The second-order valence-electron chi connectivity index (χ2n) is 8.83. The molecule has 2 heterocycles. The van der Waals surface area contributed by atoms with Gasteiger partial charge in [-0.05, 0) is 59.9 Å². The summed E-state index contributed by atoms with van der Waals surface area (Å²) in [6, 6.07) is 1.27. The van der Waals surface area contributed by atoms with E-state index in [4.69, 9.17) is 4.74 Å². The molecule has 2 aromatic rings. The summed E-state index contributed by atoms with van der Waals surface area (Å²) in [5.74, 6) is -0.795. The molecule has 1 aromatic heterocycles. The summed E-state index contributed by atoms with van der Waals surface area (Å²) in [5, 5.41) is 17.3. The molecular weight excluding hydrogens is 482 g/mol. The van der Waals surface area contributed by atoms with Gasteiger partial charge in [0.05, 0.1) is 23.8 Å². The van der Waals surface area contributed by atoms with Crippen LogP contribution in [0.15, 0.2) is 24.5 Å². The predicted octanol–water partition coefficient (Wildman–Crippen LogP) is 3.12. The standard InChI is InChI=1S/C21H24F6N6O2/c22-20(23,24)14-5-12(6-15(8-14)21(25,26)27)9-28-19(34)13-1-2-16(7-13)30-17-3-4-35-10-18(17)33-11-29-31-32-33/h5-6,8,11,13,16-18,30H,1-4,7,9-10H2,(H,28,34). The average molecular weight is 506 g/mol. The lowest BCUT2D eigenvalue weighted by molar-refractivity contribution is -0.143. The molecule has 1 aromatic carbocycles. The van der Waals surface area contributed by atoms with Crippen molar-refractivity contribution in [1.82, 2.24) is 30.8 Å². The van der Waals surface area contributed by atoms with Crippen LogP contribution in [0.1, 0.15) is 48.4 Å². The molecule has 1 saturated carbocycles. The zero-order chi connectivity index (χ0) is 25.2. The van der Waals surface area contributed by atoms with Gasteiger partial charge in [0.1, 0.15) is 6.33 Å². The van der Waals surface area contributed by atoms with Gasteiger partial charge < -0.3 is 15.4 Å². The molecule has 1 aliphatic heterocycles. The van der Waals surface area contributed by atoms with E-state index in [0.29, 0.717) is 44.6 Å². The maximum absolute atomic E-state index is 13.1. The number of alkyl halides is 6. The monoisotopic (exact) mass is 506 g/mol. The van der Waals surface area contributed by atoms with Crippen molar-refractivity contribution >= 4 is 5.91 Å². The van der Waals surface area contributed by atoms with Crippen molar-refractivity contribution in [2.24, 2.45) is 5.92 Å². The van der Waals surface area contributed by atoms with E-state index in [0.717, 1.165) is 6.42 Å². The highest BCUT2D eigenvalue weighted by Gasteiger charge is 2.38. The molecule has 1 saturated heterocycles. The molecule has 4 rings (SSSR count). The van der Waals surface area contributed by atoms with Crippen LogP contribution in [-0.4, -0.2) is 51.4 Å². The van der Waals surface area contributed by atoms with Gasteiger partial charge in [0, 0.05) is 31.2 Å². The Hall–Kier alpha value is -2.74. The van der Waals surface area contributed by atoms with E-state index < -0.39 is 41.8 Å². The second-order valence-corrected chi connectivity index (χ2v) is 8.83. The fourth-order valence-corrected chi connectivity index (χ4v) is 4.63. The number of nitrogens with one attached hydrogen (secondary N) is 2. The number of carbonyl (C=O) groups excluding carboxylic acids is 1. The Morgan fingerprint density at radius 1 is 1.06 bits per heavy atom. The summed E-state index contributed by atoms with van der Waals surface area (Å²) in [5.41, 5.74) is -3.08. The third kappa shape index (κ3) is 6.28. The molecule has 14 heteroatoms. The molecule has 2 N–H and O–H groups in total. The van der Waals surface area contributed by atoms with Crippen LogP contribution in [0.3, 0.4) is 0 Å². The smallest absolute Gasteiger partial charge is 0.379 e. The number of nitrogens with zero attached hydrogens (tertiary/aromatic N) is 4. The molecule has 1 amide bonds. The van der Waals surface area contributed by atoms with E-state index in [1.54, 1.807) is 4.68 Å². The molecular formula is C21H24F6N6O2. The molecule has 2 aliphatic rings. The van der Waals surface area contributed by atoms with Crippen LogP contribution in [0, 0.1) is 5.92 Å². The number of aromatic nitrogens is 4. The molecule has 8 nitrogen and oxygen atoms in total. The lowest BCUT2D eigenvalue weighted by atomic mass is 10.0. The van der Waals surface area contributed by atoms with Crippen LogP contribution in [0.25, 0.3) is 0 Å². The van der Waals surface area contributed by atoms with Gasteiger partial charge in [-0.3, -0.25) is 4.79 Å². The lowest BCUT2D eigenvalue weighted by Crippen LogP contribution is -2.47. The topological polar surface area (TPSA) is 94.0 Å². The van der Waals surface area contributed by atoms with E-state index in [9.17, 15) is 31.1 Å². The number of benzene rings is 1. The number of tetrazole rings is 1. The number of ether oxygens (including phenoxy) is 1. The lowest BCUT2D eigenvalue weighted by Gasteiger charge is -2.33. The first-order chi connectivity index (χ1) is 16.5. The number of halogens is 6. The van der Waals surface area contributed by atoms with Gasteiger partial charge in [-0.1, -0.05) is 0 Å². The first-order valence-corrected chi connectivity index (χ1v) is 11.1. The highest BCUT2D eigenvalue weighted by Crippen LogP contribution is 2.36. The Kier molecular flexibility index (Phi) is 7.31. The van der Waals surface area contributed by atoms with Crippen LogP contribution in [0.2, 0.25) is 0 Å². The van der Waals surface area contributed by atoms with Crippen molar-refractivity contribution < 1.29 is 35.9 Å². The van der Waals surface area contributed by atoms with Crippen molar-refractivity contribution in [3.8, 4) is 0 Å². The minimum Gasteiger partial charge on any atom is -0.379 e. The van der Waals surface area contributed by atoms with Crippen LogP contribution in [-0.2, 0) is 28.4 Å². The quantitative estimate of drug-likeness (QED) is 0.585. The summed E-state index contributed by atoms with van der Waals surface area (Å²) in [6.45, 7) is 0.585. The number of amides is 1. The van der Waals surface area contributed by atoms with E-state index in [-0.39, 0.29) is 29.8 Å². The molecule has 192 valence electrons. The maximum atomic E-state index is 13.1. The summed E-state index contributed by atoms with van der Waals surface area (Å²) in [7, 11) is 0. The Balaban J connectivity index is 1.34. The predicted molar refractivity (Wildman–Crippen MR) is 109 cm³/mol. The summed E-state index contributed by atoms with van der Waals surface area (Å²) in [6.07, 6.45) is -5.87. The molecule has 4 atom stereocenters. The zero-order valence-corrected chi connectivity index (χ0v) is 18.4. The first-order valence-electron chi connectivity index (χ1n) is 11.1. The molecule has 0 radical (unpaired) electrons. The second kappa shape index (κ2) is 10.1. The Labute approximate surface area is 196 Å². The number of hydrogen-bond acceptors (Lipinski definition) is 6. The summed E-state index contributed by atoms with van der Waals surface area (Å²) < 4.78 is 85.5. The van der Waals surface area contributed by atoms with E-state index in [1.165, 1.54) is 6.33 Å². The largest absolute Gasteiger partial charge is 0.416 e. The number of hydrogen-bond donors (Lipinski definition) is 2. The fraction of sp³-hybridized carbons (Fsp3) is 0.619. The van der Waals surface area contributed by atoms with Crippen LogP contribution in [0.5, 0.6) is 0 Å². The molecule has 1 aliphatic carbocycles. The van der Waals surface area contributed by atoms with Gasteiger partial charge in [0.15, 0.2) is 0 Å². The summed E-state index contributed by atoms with van der Waals surface area (Å²) in [4.78, 5) is 12.6. The summed E-state index contributed by atoms with van der Waals surface area (Å²) >= 11 is 0. The maximum Gasteiger partial charge on any atom is 0.416 e. The van der Waals surface area contributed by atoms with Crippen molar-refractivity contribution in [2.75, 3.05) is 13.2 Å².